The van der Waals surface area contributed by atoms with E-state index < -0.39 is 0 Å². The molecular formula is C14H21N3O. The van der Waals surface area contributed by atoms with Crippen molar-refractivity contribution in [3.8, 4) is 11.8 Å². The van der Waals surface area contributed by atoms with Crippen molar-refractivity contribution in [1.29, 1.82) is 0 Å². The van der Waals surface area contributed by atoms with Crippen LogP contribution in [0.2, 0.25) is 0 Å². The van der Waals surface area contributed by atoms with Crippen molar-refractivity contribution < 1.29 is 4.79 Å². The second kappa shape index (κ2) is 9.41. The van der Waals surface area contributed by atoms with Crippen LogP contribution in [0, 0.1) is 11.8 Å². The Balaban J connectivity index is 1.86. The zero-order chi connectivity index (χ0) is 13.1. The van der Waals surface area contributed by atoms with E-state index in [1.807, 2.05) is 10.9 Å². The van der Waals surface area contributed by atoms with Crippen LogP contribution in [0.15, 0.2) is 12.4 Å². The fraction of sp³-hybridized carbons (Fsp3) is 0.643. The van der Waals surface area contributed by atoms with Crippen molar-refractivity contribution in [1.82, 2.24) is 15.0 Å². The van der Waals surface area contributed by atoms with E-state index in [-0.39, 0.29) is 5.78 Å². The molecule has 0 atom stereocenters. The molecular weight excluding hydrogens is 226 g/mol. The lowest BCUT2D eigenvalue weighted by molar-refractivity contribution is -0.113. The fourth-order valence-corrected chi connectivity index (χ4v) is 1.82. The molecule has 0 spiro atoms. The summed E-state index contributed by atoms with van der Waals surface area (Å²) >= 11 is 0. The molecule has 1 heterocycles. The summed E-state index contributed by atoms with van der Waals surface area (Å²) in [6.07, 6.45) is 11.1. The van der Waals surface area contributed by atoms with Crippen molar-refractivity contribution >= 4 is 5.78 Å². The molecule has 1 rings (SSSR count). The molecule has 0 aliphatic carbocycles. The van der Waals surface area contributed by atoms with Crippen LogP contribution in [-0.4, -0.2) is 20.8 Å². The first-order chi connectivity index (χ1) is 8.83. The number of carbonyl (C=O) groups excluding carboxylic acids is 1. The third-order valence-corrected chi connectivity index (χ3v) is 2.78. The maximum atomic E-state index is 11.1. The lowest BCUT2D eigenvalue weighted by Crippen LogP contribution is -1.98. The molecule has 18 heavy (non-hydrogen) atoms. The van der Waals surface area contributed by atoms with Gasteiger partial charge in [-0.3, -0.25) is 9.48 Å². The molecule has 0 N–H and O–H groups in total. The van der Waals surface area contributed by atoms with Crippen molar-refractivity contribution in [2.75, 3.05) is 0 Å². The summed E-state index contributed by atoms with van der Waals surface area (Å²) in [5.41, 5.74) is 0. The van der Waals surface area contributed by atoms with Gasteiger partial charge in [-0.2, -0.15) is 0 Å². The van der Waals surface area contributed by atoms with E-state index in [2.05, 4.69) is 22.2 Å². The normalized spacial score (nSPS) is 9.83. The standard InChI is InChI=1S/C14H21N3O/c1-2-9-14(18)10-7-5-3-4-6-8-12-17-13-11-15-16-17/h11,13H,3-8,10,12H2,1H3. The molecule has 1 aromatic rings. The van der Waals surface area contributed by atoms with Gasteiger partial charge in [-0.15, -0.1) is 5.10 Å². The van der Waals surface area contributed by atoms with Gasteiger partial charge in [0.05, 0.1) is 6.20 Å². The minimum Gasteiger partial charge on any atom is -0.285 e. The Morgan fingerprint density at radius 1 is 1.17 bits per heavy atom. The average molecular weight is 247 g/mol. The highest BCUT2D eigenvalue weighted by Gasteiger charge is 1.97. The summed E-state index contributed by atoms with van der Waals surface area (Å²) in [5.74, 6) is 5.28. The lowest BCUT2D eigenvalue weighted by atomic mass is 10.1. The van der Waals surface area contributed by atoms with Crippen LogP contribution < -0.4 is 0 Å². The first kappa shape index (κ1) is 14.4. The van der Waals surface area contributed by atoms with E-state index in [1.54, 1.807) is 13.1 Å². The van der Waals surface area contributed by atoms with Gasteiger partial charge in [-0.05, 0) is 25.7 Å². The van der Waals surface area contributed by atoms with Crippen LogP contribution in [0.25, 0.3) is 0 Å². The Labute approximate surface area is 109 Å². The van der Waals surface area contributed by atoms with E-state index in [9.17, 15) is 4.79 Å². The smallest absolute Gasteiger partial charge is 0.205 e. The van der Waals surface area contributed by atoms with Crippen LogP contribution in [-0.2, 0) is 11.3 Å². The average Bonchev–Trinajstić information content (AvgIpc) is 2.86. The number of hydrogen-bond donors (Lipinski definition) is 0. The van der Waals surface area contributed by atoms with E-state index in [0.717, 1.165) is 25.8 Å². The zero-order valence-electron chi connectivity index (χ0n) is 11.1. The molecule has 98 valence electrons. The van der Waals surface area contributed by atoms with Crippen molar-refractivity contribution in [2.24, 2.45) is 0 Å². The third-order valence-electron chi connectivity index (χ3n) is 2.78. The molecule has 0 saturated heterocycles. The summed E-state index contributed by atoms with van der Waals surface area (Å²) < 4.78 is 1.86. The number of rotatable bonds is 9. The molecule has 1 aromatic heterocycles. The number of nitrogens with zero attached hydrogens (tertiary/aromatic N) is 3. The Morgan fingerprint density at radius 3 is 2.56 bits per heavy atom. The molecule has 0 saturated carbocycles. The quantitative estimate of drug-likeness (QED) is 0.383. The van der Waals surface area contributed by atoms with Gasteiger partial charge in [0.2, 0.25) is 5.78 Å². The van der Waals surface area contributed by atoms with Crippen molar-refractivity contribution in [3.05, 3.63) is 12.4 Å². The second-order valence-electron chi connectivity index (χ2n) is 4.34. The molecule has 0 aliphatic heterocycles. The van der Waals surface area contributed by atoms with Gasteiger partial charge < -0.3 is 0 Å². The van der Waals surface area contributed by atoms with Gasteiger partial charge >= 0.3 is 0 Å². The van der Waals surface area contributed by atoms with Crippen LogP contribution >= 0.6 is 0 Å². The monoisotopic (exact) mass is 247 g/mol. The lowest BCUT2D eigenvalue weighted by Gasteiger charge is -2.01. The molecule has 4 heteroatoms. The molecule has 0 fully saturated rings. The van der Waals surface area contributed by atoms with Crippen LogP contribution in [0.3, 0.4) is 0 Å². The molecule has 4 nitrogen and oxygen atoms in total. The fourth-order valence-electron chi connectivity index (χ4n) is 1.82. The minimum atomic E-state index is 0.0729. The SMILES string of the molecule is CC#CC(=O)CCCCCCCCn1ccnn1. The Bertz CT molecular complexity index is 387. The number of aryl methyl sites for hydroxylation is 1. The number of carbonyl (C=O) groups is 1. The minimum absolute atomic E-state index is 0.0729. The number of hydrogen-bond acceptors (Lipinski definition) is 3. The van der Waals surface area contributed by atoms with Crippen LogP contribution in [0.1, 0.15) is 51.9 Å². The highest BCUT2D eigenvalue weighted by Crippen LogP contribution is 2.08. The van der Waals surface area contributed by atoms with Crippen LogP contribution in [0.5, 0.6) is 0 Å². The van der Waals surface area contributed by atoms with Crippen molar-refractivity contribution in [3.63, 3.8) is 0 Å². The van der Waals surface area contributed by atoms with Gasteiger partial charge in [-0.25, -0.2) is 0 Å². The number of aromatic nitrogens is 3. The van der Waals surface area contributed by atoms with Gasteiger partial charge in [0.15, 0.2) is 0 Å². The molecule has 0 amide bonds. The van der Waals surface area contributed by atoms with Gasteiger partial charge in [0.25, 0.3) is 0 Å². The summed E-state index contributed by atoms with van der Waals surface area (Å²) in [7, 11) is 0. The first-order valence-electron chi connectivity index (χ1n) is 6.62. The Kier molecular flexibility index (Phi) is 7.54. The predicted molar refractivity (Wildman–Crippen MR) is 70.8 cm³/mol. The van der Waals surface area contributed by atoms with Crippen molar-refractivity contribution in [2.45, 2.75) is 58.4 Å². The summed E-state index contributed by atoms with van der Waals surface area (Å²) in [4.78, 5) is 11.1. The highest BCUT2D eigenvalue weighted by molar-refractivity contribution is 5.95. The number of Topliss-reactive ketones (excluding diaryl/α,β-unsaturated/α-hetero) is 1. The maximum absolute atomic E-state index is 11.1. The van der Waals surface area contributed by atoms with Crippen LogP contribution in [0.4, 0.5) is 0 Å². The molecule has 0 bridgehead atoms. The van der Waals surface area contributed by atoms with Gasteiger partial charge in [-0.1, -0.05) is 36.8 Å². The first-order valence-corrected chi connectivity index (χ1v) is 6.62. The third kappa shape index (κ3) is 6.85. The van der Waals surface area contributed by atoms with Gasteiger partial charge in [0, 0.05) is 19.2 Å². The highest BCUT2D eigenvalue weighted by atomic mass is 16.1. The van der Waals surface area contributed by atoms with E-state index in [4.69, 9.17) is 0 Å². The maximum Gasteiger partial charge on any atom is 0.205 e. The van der Waals surface area contributed by atoms with E-state index in [0.29, 0.717) is 6.42 Å². The summed E-state index contributed by atoms with van der Waals surface area (Å²) in [6, 6.07) is 0. The molecule has 0 aromatic carbocycles. The molecule has 0 unspecified atom stereocenters. The second-order valence-corrected chi connectivity index (χ2v) is 4.34. The summed E-state index contributed by atoms with van der Waals surface area (Å²) in [6.45, 7) is 2.65. The predicted octanol–water partition coefficient (Wildman–Crippen LogP) is 2.60. The van der Waals surface area contributed by atoms with Gasteiger partial charge in [0.1, 0.15) is 0 Å². The summed E-state index contributed by atoms with van der Waals surface area (Å²) in [5, 5.41) is 7.68. The Hall–Kier alpha value is -1.63. The molecule has 0 radical (unpaired) electrons. The number of unbranched alkanes of at least 4 members (excludes halogenated alkanes) is 5. The Morgan fingerprint density at radius 2 is 1.89 bits per heavy atom. The van der Waals surface area contributed by atoms with E-state index >= 15 is 0 Å². The van der Waals surface area contributed by atoms with E-state index in [1.165, 1.54) is 19.3 Å². The largest absolute Gasteiger partial charge is 0.285 e. The topological polar surface area (TPSA) is 47.8 Å². The molecule has 0 aliphatic rings. The zero-order valence-corrected chi connectivity index (χ0v) is 11.1. The number of ketones is 1.